The summed E-state index contributed by atoms with van der Waals surface area (Å²) in [5.41, 5.74) is 4.09. The summed E-state index contributed by atoms with van der Waals surface area (Å²) in [6, 6.07) is 17.1. The quantitative estimate of drug-likeness (QED) is 0.559. The van der Waals surface area contributed by atoms with Gasteiger partial charge >= 0.3 is 0 Å². The van der Waals surface area contributed by atoms with Gasteiger partial charge in [-0.05, 0) is 54.1 Å². The molecule has 0 saturated heterocycles. The van der Waals surface area contributed by atoms with Crippen molar-refractivity contribution in [2.75, 3.05) is 12.4 Å². The number of aromatic nitrogens is 2. The number of methoxy groups -OCH3 is 1. The number of fused-ring (bicyclic) bond motifs is 1. The second-order valence-electron chi connectivity index (χ2n) is 6.07. The molecule has 2 heterocycles. The Kier molecular flexibility index (Phi) is 4.60. The second kappa shape index (κ2) is 7.21. The van der Waals surface area contributed by atoms with Crippen molar-refractivity contribution in [1.82, 2.24) is 9.97 Å². The summed E-state index contributed by atoms with van der Waals surface area (Å²) in [5, 5.41) is 3.82. The van der Waals surface area contributed by atoms with Crippen molar-refractivity contribution in [3.05, 3.63) is 66.4 Å². The van der Waals surface area contributed by atoms with E-state index in [2.05, 4.69) is 15.3 Å². The zero-order chi connectivity index (χ0) is 18.8. The van der Waals surface area contributed by atoms with Gasteiger partial charge in [0.25, 0.3) is 5.91 Å². The maximum absolute atomic E-state index is 12.3. The number of nitrogens with one attached hydrogen (secondary N) is 1. The molecule has 0 unspecified atom stereocenters. The van der Waals surface area contributed by atoms with E-state index in [0.717, 1.165) is 37.8 Å². The van der Waals surface area contributed by atoms with Crippen molar-refractivity contribution in [2.45, 2.75) is 0 Å². The maximum Gasteiger partial charge on any atom is 0.257 e. The van der Waals surface area contributed by atoms with Crippen molar-refractivity contribution < 1.29 is 9.53 Å². The van der Waals surface area contributed by atoms with E-state index in [1.165, 1.54) is 0 Å². The van der Waals surface area contributed by atoms with Gasteiger partial charge in [0.2, 0.25) is 0 Å². The SMILES string of the molecule is Bc1ccc(C(=O)Nc2ccc(-c3nc4ccc(OC)cc4s3)cc2)cn1. The molecule has 0 spiro atoms. The molecule has 0 aliphatic rings. The van der Waals surface area contributed by atoms with E-state index in [-0.39, 0.29) is 5.91 Å². The van der Waals surface area contributed by atoms with Gasteiger partial charge in [-0.2, -0.15) is 0 Å². The topological polar surface area (TPSA) is 64.1 Å². The fourth-order valence-electron chi connectivity index (χ4n) is 2.66. The van der Waals surface area contributed by atoms with Crippen molar-refractivity contribution in [1.29, 1.82) is 0 Å². The third-order valence-corrected chi connectivity index (χ3v) is 5.23. The Labute approximate surface area is 161 Å². The van der Waals surface area contributed by atoms with E-state index in [9.17, 15) is 4.79 Å². The lowest BCUT2D eigenvalue weighted by atomic mass is 10.0. The monoisotopic (exact) mass is 373 g/mol. The first kappa shape index (κ1) is 17.2. The lowest BCUT2D eigenvalue weighted by Gasteiger charge is -2.06. The van der Waals surface area contributed by atoms with E-state index in [0.29, 0.717) is 5.56 Å². The molecule has 0 aliphatic carbocycles. The smallest absolute Gasteiger partial charge is 0.257 e. The molecule has 0 radical (unpaired) electrons. The third kappa shape index (κ3) is 3.68. The predicted molar refractivity (Wildman–Crippen MR) is 112 cm³/mol. The molecule has 0 atom stereocenters. The van der Waals surface area contributed by atoms with Crippen LogP contribution in [0.5, 0.6) is 5.75 Å². The molecule has 1 N–H and O–H groups in total. The highest BCUT2D eigenvalue weighted by Crippen LogP contribution is 2.32. The Morgan fingerprint density at radius 1 is 1.11 bits per heavy atom. The lowest BCUT2D eigenvalue weighted by Crippen LogP contribution is -2.15. The van der Waals surface area contributed by atoms with Crippen molar-refractivity contribution in [3.8, 4) is 16.3 Å². The Morgan fingerprint density at radius 3 is 2.63 bits per heavy atom. The molecule has 0 saturated carbocycles. The van der Waals surface area contributed by atoms with Gasteiger partial charge in [-0.15, -0.1) is 11.3 Å². The first-order chi connectivity index (χ1) is 13.1. The van der Waals surface area contributed by atoms with Crippen LogP contribution in [0.25, 0.3) is 20.8 Å². The number of rotatable bonds is 4. The summed E-state index contributed by atoms with van der Waals surface area (Å²) in [6.07, 6.45) is 1.58. The highest BCUT2D eigenvalue weighted by atomic mass is 32.1. The molecule has 2 aromatic heterocycles. The maximum atomic E-state index is 12.3. The van der Waals surface area contributed by atoms with Crippen molar-refractivity contribution >= 4 is 46.6 Å². The Bertz CT molecular complexity index is 1110. The van der Waals surface area contributed by atoms with Crippen LogP contribution in [0.15, 0.2) is 60.8 Å². The fraction of sp³-hybridized carbons (Fsp3) is 0.0500. The molecule has 0 fully saturated rings. The van der Waals surface area contributed by atoms with Crippen LogP contribution in [0.4, 0.5) is 5.69 Å². The second-order valence-corrected chi connectivity index (χ2v) is 7.10. The summed E-state index contributed by atoms with van der Waals surface area (Å²) in [5.74, 6) is 0.642. The number of hydrogen-bond acceptors (Lipinski definition) is 5. The Balaban J connectivity index is 1.53. The largest absolute Gasteiger partial charge is 0.497 e. The van der Waals surface area contributed by atoms with Gasteiger partial charge in [-0.3, -0.25) is 9.78 Å². The molecule has 5 nitrogen and oxygen atoms in total. The molecule has 2 aromatic carbocycles. The first-order valence-corrected chi connectivity index (χ1v) is 9.23. The van der Waals surface area contributed by atoms with Crippen LogP contribution in [-0.4, -0.2) is 30.8 Å². The summed E-state index contributed by atoms with van der Waals surface area (Å²) < 4.78 is 6.34. The van der Waals surface area contributed by atoms with E-state index in [1.807, 2.05) is 56.4 Å². The minimum atomic E-state index is -0.178. The number of nitrogens with zero attached hydrogens (tertiary/aromatic N) is 2. The van der Waals surface area contributed by atoms with E-state index in [1.54, 1.807) is 30.7 Å². The van der Waals surface area contributed by atoms with Gasteiger partial charge in [0.15, 0.2) is 7.85 Å². The zero-order valence-corrected chi connectivity index (χ0v) is 15.7. The number of carbonyl (C=O) groups is 1. The molecule has 0 bridgehead atoms. The van der Waals surface area contributed by atoms with Crippen LogP contribution >= 0.6 is 11.3 Å². The number of ether oxygens (including phenoxy) is 1. The van der Waals surface area contributed by atoms with Crippen LogP contribution in [0.2, 0.25) is 0 Å². The normalized spacial score (nSPS) is 10.7. The van der Waals surface area contributed by atoms with Gasteiger partial charge in [-0.1, -0.05) is 6.07 Å². The van der Waals surface area contributed by atoms with Crippen LogP contribution in [0, 0.1) is 0 Å². The standard InChI is InChI=1S/C20H16BN3O2S/c1-26-15-7-8-16-17(10-15)27-20(24-16)12-2-5-14(6-3-12)23-19(25)13-4-9-18(21)22-11-13/h2-11H,21H2,1H3,(H,23,25). The molecular weight excluding hydrogens is 357 g/mol. The summed E-state index contributed by atoms with van der Waals surface area (Å²) in [7, 11) is 3.54. The van der Waals surface area contributed by atoms with Crippen molar-refractivity contribution in [3.63, 3.8) is 0 Å². The minimum Gasteiger partial charge on any atom is -0.497 e. The minimum absolute atomic E-state index is 0.178. The van der Waals surface area contributed by atoms with E-state index < -0.39 is 0 Å². The molecule has 132 valence electrons. The molecular formula is C20H16BN3O2S. The van der Waals surface area contributed by atoms with Crippen molar-refractivity contribution in [2.24, 2.45) is 0 Å². The number of hydrogen-bond donors (Lipinski definition) is 1. The average molecular weight is 373 g/mol. The van der Waals surface area contributed by atoms with Gasteiger partial charge in [0.05, 0.1) is 22.9 Å². The van der Waals surface area contributed by atoms with Gasteiger partial charge in [0.1, 0.15) is 10.8 Å². The molecule has 27 heavy (non-hydrogen) atoms. The first-order valence-electron chi connectivity index (χ1n) is 8.41. The molecule has 4 aromatic rings. The number of benzene rings is 2. The Morgan fingerprint density at radius 2 is 1.93 bits per heavy atom. The highest BCUT2D eigenvalue weighted by molar-refractivity contribution is 7.21. The van der Waals surface area contributed by atoms with Crippen LogP contribution in [-0.2, 0) is 0 Å². The number of anilines is 1. The number of pyridine rings is 1. The van der Waals surface area contributed by atoms with Crippen LogP contribution in [0.1, 0.15) is 10.4 Å². The zero-order valence-electron chi connectivity index (χ0n) is 14.9. The summed E-state index contributed by atoms with van der Waals surface area (Å²) in [6.45, 7) is 0. The predicted octanol–water partition coefficient (Wildman–Crippen LogP) is 2.88. The van der Waals surface area contributed by atoms with Crippen LogP contribution < -0.4 is 15.6 Å². The number of amides is 1. The summed E-state index contributed by atoms with van der Waals surface area (Å²) >= 11 is 1.61. The Hall–Kier alpha value is -3.19. The molecule has 7 heteroatoms. The molecule has 0 aliphatic heterocycles. The number of thiazole rings is 1. The fourth-order valence-corrected chi connectivity index (χ4v) is 3.66. The molecule has 1 amide bonds. The van der Waals surface area contributed by atoms with Gasteiger partial charge in [-0.25, -0.2) is 4.98 Å². The lowest BCUT2D eigenvalue weighted by molar-refractivity contribution is 0.102. The highest BCUT2D eigenvalue weighted by Gasteiger charge is 2.09. The van der Waals surface area contributed by atoms with Crippen LogP contribution in [0.3, 0.4) is 0 Å². The molecule has 4 rings (SSSR count). The third-order valence-electron chi connectivity index (χ3n) is 4.16. The average Bonchev–Trinajstić information content (AvgIpc) is 3.12. The number of carbonyl (C=O) groups excluding carboxylic acids is 1. The van der Waals surface area contributed by atoms with Gasteiger partial charge in [0, 0.05) is 17.4 Å². The van der Waals surface area contributed by atoms with E-state index in [4.69, 9.17) is 4.74 Å². The van der Waals surface area contributed by atoms with E-state index >= 15 is 0 Å². The summed E-state index contributed by atoms with van der Waals surface area (Å²) in [4.78, 5) is 21.1. The van der Waals surface area contributed by atoms with Gasteiger partial charge < -0.3 is 10.1 Å².